The smallest absolute Gasteiger partial charge is 0.266 e. The number of ether oxygens (including phenoxy) is 2. The van der Waals surface area contributed by atoms with E-state index in [1.807, 2.05) is 0 Å². The number of benzene rings is 3. The number of rotatable bonds is 17. The molecule has 238 valence electrons. The number of unbranched alkanes of at least 4 members (excludes halogenated alkanes) is 2. The topological polar surface area (TPSA) is 175 Å². The van der Waals surface area contributed by atoms with E-state index in [1.54, 1.807) is 66.7 Å². The van der Waals surface area contributed by atoms with Gasteiger partial charge in [-0.2, -0.15) is 0 Å². The van der Waals surface area contributed by atoms with Gasteiger partial charge in [0.25, 0.3) is 5.91 Å². The van der Waals surface area contributed by atoms with E-state index in [0.29, 0.717) is 36.4 Å². The van der Waals surface area contributed by atoms with Crippen LogP contribution in [0.2, 0.25) is 0 Å². The number of aliphatic hydroxyl groups excluding tert-OH is 1. The molecule has 0 radical (unpaired) electrons. The summed E-state index contributed by atoms with van der Waals surface area (Å²) in [6, 6.07) is 21.6. The first-order valence-corrected chi connectivity index (χ1v) is 16.6. The summed E-state index contributed by atoms with van der Waals surface area (Å²) in [7, 11) is -3.82. The first kappa shape index (κ1) is 33.5. The summed E-state index contributed by atoms with van der Waals surface area (Å²) in [5.74, 6) is -0.291. The molecule has 0 saturated heterocycles. The lowest BCUT2D eigenvalue weighted by Gasteiger charge is -2.31. The second-order valence-electron chi connectivity index (χ2n) is 10.5. The Bertz CT molecular complexity index is 1610. The number of hydrazine groups is 1. The third-order valence-corrected chi connectivity index (χ3v) is 9.10. The van der Waals surface area contributed by atoms with Crippen molar-refractivity contribution in [2.75, 3.05) is 25.5 Å². The normalized spacial score (nSPS) is 17.6. The highest BCUT2D eigenvalue weighted by atomic mass is 32.2. The summed E-state index contributed by atoms with van der Waals surface area (Å²) < 4.78 is 39.0. The third kappa shape index (κ3) is 8.40. The monoisotopic (exact) mass is 634 g/mol. The molecule has 1 heterocycles. The Morgan fingerprint density at radius 3 is 2.51 bits per heavy atom. The van der Waals surface area contributed by atoms with Crippen LogP contribution in [0, 0.1) is 0 Å². The van der Waals surface area contributed by atoms with Crippen LogP contribution < -0.4 is 15.6 Å². The molecule has 0 spiro atoms. The Hall–Kier alpha value is -4.42. The van der Waals surface area contributed by atoms with Crippen LogP contribution in [0.1, 0.15) is 56.3 Å². The fourth-order valence-corrected chi connectivity index (χ4v) is 6.33. The van der Waals surface area contributed by atoms with E-state index >= 15 is 0 Å². The van der Waals surface area contributed by atoms with E-state index in [2.05, 4.69) is 27.8 Å². The molecular formula is C32H38N6O6S. The van der Waals surface area contributed by atoms with Gasteiger partial charge in [-0.3, -0.25) is 10.2 Å². The minimum Gasteiger partial charge on any atom is -0.494 e. The molecule has 45 heavy (non-hydrogen) atoms. The number of nitrogens with one attached hydrogen (secondary N) is 2. The molecule has 0 bridgehead atoms. The molecule has 0 unspecified atom stereocenters. The fraction of sp³-hybridized carbons (Fsp3) is 0.375. The molecule has 3 aromatic carbocycles. The maximum atomic E-state index is 14.2. The Labute approximate surface area is 263 Å². The summed E-state index contributed by atoms with van der Waals surface area (Å²) >= 11 is 0. The second-order valence-corrected chi connectivity index (χ2v) is 12.6. The molecule has 4 rings (SSSR count). The number of hydrogen-bond donors (Lipinski definition) is 3. The number of aliphatic imine (C=N–C) groups is 1. The molecule has 13 heteroatoms. The minimum absolute atomic E-state index is 0.0129. The van der Waals surface area contributed by atoms with Crippen molar-refractivity contribution in [3.63, 3.8) is 0 Å². The van der Waals surface area contributed by atoms with E-state index in [-0.39, 0.29) is 29.5 Å². The number of nitrogens with zero attached hydrogens (tertiary/aromatic N) is 4. The van der Waals surface area contributed by atoms with Crippen molar-refractivity contribution in [1.82, 2.24) is 10.9 Å². The van der Waals surface area contributed by atoms with E-state index in [4.69, 9.17) is 19.6 Å². The maximum Gasteiger partial charge on any atom is 0.266 e. The minimum atomic E-state index is -3.82. The average molecular weight is 635 g/mol. The molecular weight excluding hydrogens is 596 g/mol. The van der Waals surface area contributed by atoms with Gasteiger partial charge in [0.1, 0.15) is 5.75 Å². The van der Waals surface area contributed by atoms with Gasteiger partial charge in [0.2, 0.25) is 5.90 Å². The number of azide groups is 1. The molecule has 1 amide bonds. The van der Waals surface area contributed by atoms with E-state index in [1.165, 1.54) is 12.1 Å². The van der Waals surface area contributed by atoms with Crippen LogP contribution in [0.4, 0.5) is 5.69 Å². The zero-order valence-corrected chi connectivity index (χ0v) is 25.9. The third-order valence-electron chi connectivity index (χ3n) is 7.36. The first-order valence-electron chi connectivity index (χ1n) is 14.9. The van der Waals surface area contributed by atoms with E-state index in [0.717, 1.165) is 19.3 Å². The van der Waals surface area contributed by atoms with Crippen LogP contribution >= 0.6 is 0 Å². The summed E-state index contributed by atoms with van der Waals surface area (Å²) in [6.07, 6.45) is 1.93. The summed E-state index contributed by atoms with van der Waals surface area (Å²) in [5, 5.41) is 12.9. The fourth-order valence-electron chi connectivity index (χ4n) is 4.95. The van der Waals surface area contributed by atoms with Gasteiger partial charge in [0.05, 0.1) is 17.3 Å². The van der Waals surface area contributed by atoms with Crippen LogP contribution in [0.15, 0.2) is 93.9 Å². The highest BCUT2D eigenvalue weighted by Crippen LogP contribution is 2.45. The van der Waals surface area contributed by atoms with Crippen LogP contribution in [-0.4, -0.2) is 56.4 Å². The van der Waals surface area contributed by atoms with Crippen LogP contribution in [-0.2, 0) is 19.4 Å². The summed E-state index contributed by atoms with van der Waals surface area (Å²) in [6.45, 7) is 2.94. The van der Waals surface area contributed by atoms with Crippen molar-refractivity contribution in [2.45, 2.75) is 55.6 Å². The summed E-state index contributed by atoms with van der Waals surface area (Å²) in [5.41, 5.74) is 14.4. The van der Waals surface area contributed by atoms with Gasteiger partial charge in [-0.15, -0.1) is 0 Å². The number of carbonyl (C=O) groups excluding carboxylic acids is 1. The zero-order chi connectivity index (χ0) is 32.1. The molecule has 12 nitrogen and oxygen atoms in total. The highest BCUT2D eigenvalue weighted by molar-refractivity contribution is 7.91. The van der Waals surface area contributed by atoms with Crippen molar-refractivity contribution < 1.29 is 27.8 Å². The Morgan fingerprint density at radius 2 is 1.80 bits per heavy atom. The number of sulfone groups is 1. The van der Waals surface area contributed by atoms with Crippen molar-refractivity contribution in [2.24, 2.45) is 10.1 Å². The largest absolute Gasteiger partial charge is 0.494 e. The van der Waals surface area contributed by atoms with Gasteiger partial charge < -0.3 is 14.6 Å². The summed E-state index contributed by atoms with van der Waals surface area (Å²) in [4.78, 5) is 22.1. The van der Waals surface area contributed by atoms with Gasteiger partial charge in [-0.1, -0.05) is 67.3 Å². The molecule has 1 aliphatic heterocycles. The van der Waals surface area contributed by atoms with Crippen molar-refractivity contribution in [1.29, 1.82) is 0 Å². The van der Waals surface area contributed by atoms with Gasteiger partial charge >= 0.3 is 0 Å². The lowest BCUT2D eigenvalue weighted by molar-refractivity contribution is -0.130. The van der Waals surface area contributed by atoms with Crippen molar-refractivity contribution in [3.8, 4) is 5.75 Å². The number of carbonyl (C=O) groups is 1. The second kappa shape index (κ2) is 16.1. The van der Waals surface area contributed by atoms with Crippen LogP contribution in [0.3, 0.4) is 0 Å². The van der Waals surface area contributed by atoms with Gasteiger partial charge in [-0.05, 0) is 48.4 Å². The van der Waals surface area contributed by atoms with E-state index in [9.17, 15) is 18.7 Å². The SMILES string of the molecule is CCCCCNNC(=O)[C@@]1(CCS(=O)(=O)c2ccccc2)N=C(c2ccc(OCCCO)cc2)O[C@H]1c1ccccc1N=[N+]=[N-]. The lowest BCUT2D eigenvalue weighted by Crippen LogP contribution is -2.53. The molecule has 1 aliphatic rings. The Kier molecular flexibility index (Phi) is 11.9. The van der Waals surface area contributed by atoms with Gasteiger partial charge in [0.15, 0.2) is 21.5 Å². The van der Waals surface area contributed by atoms with Gasteiger partial charge in [0, 0.05) is 47.7 Å². The van der Waals surface area contributed by atoms with Crippen LogP contribution in [0.25, 0.3) is 10.4 Å². The molecule has 3 N–H and O–H groups in total. The van der Waals surface area contributed by atoms with Crippen LogP contribution in [0.5, 0.6) is 5.75 Å². The molecule has 0 aromatic heterocycles. The average Bonchev–Trinajstić information content (AvgIpc) is 3.46. The van der Waals surface area contributed by atoms with Crippen molar-refractivity contribution >= 4 is 27.3 Å². The van der Waals surface area contributed by atoms with Crippen molar-refractivity contribution in [3.05, 3.63) is 100 Å². The Morgan fingerprint density at radius 1 is 1.07 bits per heavy atom. The molecule has 0 fully saturated rings. The molecule has 2 atom stereocenters. The van der Waals surface area contributed by atoms with E-state index < -0.39 is 33.1 Å². The number of aliphatic hydroxyl groups is 1. The Balaban J connectivity index is 1.78. The first-order chi connectivity index (χ1) is 21.8. The maximum absolute atomic E-state index is 14.2. The van der Waals surface area contributed by atoms with Gasteiger partial charge in [-0.25, -0.2) is 18.8 Å². The predicted molar refractivity (Wildman–Crippen MR) is 171 cm³/mol. The predicted octanol–water partition coefficient (Wildman–Crippen LogP) is 5.32. The standard InChI is InChI=1S/C32H38N6O6S/c1-2-3-9-20-34-37-31(40)32(19-23-45(41,42)26-11-5-4-6-12-26)29(27-13-7-8-14-28(27)36-38-33)44-30(35-32)24-15-17-25(18-16-24)43-22-10-21-39/h4-8,11-18,29,34,39H,2-3,9-10,19-23H2,1H3,(H,37,40)/t29-,32-/m0/s1. The molecule has 0 aliphatic carbocycles. The zero-order valence-electron chi connectivity index (χ0n) is 25.1. The lowest BCUT2D eigenvalue weighted by atomic mass is 9.84. The quantitative estimate of drug-likeness (QED) is 0.0592. The number of amides is 1. The highest BCUT2D eigenvalue weighted by Gasteiger charge is 2.54. The number of hydrogen-bond acceptors (Lipinski definition) is 9. The molecule has 3 aromatic rings. The molecule has 0 saturated carbocycles.